The van der Waals surface area contributed by atoms with E-state index in [0.29, 0.717) is 10.2 Å². The van der Waals surface area contributed by atoms with E-state index in [1.54, 1.807) is 0 Å². The van der Waals surface area contributed by atoms with Crippen LogP contribution in [0.2, 0.25) is 0 Å². The number of H-pyrrole nitrogens is 2. The summed E-state index contributed by atoms with van der Waals surface area (Å²) < 4.78 is 0. The molecule has 0 unspecified atom stereocenters. The molecule has 4 nitrogen and oxygen atoms in total. The molecule has 0 spiro atoms. The maximum absolute atomic E-state index is 11.5. The molecule has 0 fully saturated rings. The fourth-order valence-electron chi connectivity index (χ4n) is 1.63. The second-order valence-electron chi connectivity index (χ2n) is 3.10. The Morgan fingerprint density at radius 2 is 2.00 bits per heavy atom. The predicted octanol–water partition coefficient (Wildman–Crippen LogP) is 1.15. The lowest BCUT2D eigenvalue weighted by molar-refractivity contribution is 1.07. The highest BCUT2D eigenvalue weighted by atomic mass is 32.1. The van der Waals surface area contributed by atoms with Crippen LogP contribution in [0.1, 0.15) is 17.4 Å². The average Bonchev–Trinajstić information content (AvgIpc) is 2.40. The maximum atomic E-state index is 11.5. The molecule has 0 saturated heterocycles. The van der Waals surface area contributed by atoms with Crippen LogP contribution in [-0.2, 0) is 6.42 Å². The van der Waals surface area contributed by atoms with Gasteiger partial charge in [-0.25, -0.2) is 4.79 Å². The summed E-state index contributed by atoms with van der Waals surface area (Å²) >= 11 is 1.46. The SMILES string of the molecule is CCc1c(C)sc2[nH]c(=O)[nH]c(=O)c12. The Balaban J connectivity index is 3.03. The molecule has 2 aromatic heterocycles. The summed E-state index contributed by atoms with van der Waals surface area (Å²) in [5, 5.41) is 0.634. The van der Waals surface area contributed by atoms with E-state index in [1.165, 1.54) is 11.3 Å². The van der Waals surface area contributed by atoms with Crippen molar-refractivity contribution in [3.05, 3.63) is 31.3 Å². The van der Waals surface area contributed by atoms with Gasteiger partial charge in [0.15, 0.2) is 0 Å². The largest absolute Gasteiger partial charge is 0.326 e. The Bertz CT molecular complexity index is 591. The van der Waals surface area contributed by atoms with E-state index in [1.807, 2.05) is 13.8 Å². The van der Waals surface area contributed by atoms with Crippen LogP contribution in [0.15, 0.2) is 9.59 Å². The van der Waals surface area contributed by atoms with Crippen LogP contribution in [0, 0.1) is 6.92 Å². The zero-order chi connectivity index (χ0) is 10.3. The van der Waals surface area contributed by atoms with Crippen molar-refractivity contribution < 1.29 is 0 Å². The van der Waals surface area contributed by atoms with Crippen molar-refractivity contribution in [1.82, 2.24) is 9.97 Å². The van der Waals surface area contributed by atoms with Crippen molar-refractivity contribution in [2.75, 3.05) is 0 Å². The maximum Gasteiger partial charge on any atom is 0.326 e. The number of aryl methyl sites for hydroxylation is 2. The fraction of sp³-hybridized carbons (Fsp3) is 0.333. The van der Waals surface area contributed by atoms with Crippen molar-refractivity contribution >= 4 is 21.6 Å². The third-order valence-corrected chi connectivity index (χ3v) is 3.31. The van der Waals surface area contributed by atoms with Gasteiger partial charge in [0, 0.05) is 4.88 Å². The summed E-state index contributed by atoms with van der Waals surface area (Å²) in [5.41, 5.74) is 0.304. The number of rotatable bonds is 1. The number of nitrogens with one attached hydrogen (secondary N) is 2. The number of aromatic amines is 2. The Hall–Kier alpha value is -1.36. The van der Waals surface area contributed by atoms with Gasteiger partial charge in [-0.05, 0) is 18.9 Å². The monoisotopic (exact) mass is 210 g/mol. The van der Waals surface area contributed by atoms with E-state index in [2.05, 4.69) is 9.97 Å². The Labute approximate surface area is 83.6 Å². The second-order valence-corrected chi connectivity index (χ2v) is 4.33. The van der Waals surface area contributed by atoms with Gasteiger partial charge in [0.1, 0.15) is 4.83 Å². The Kier molecular flexibility index (Phi) is 2.03. The van der Waals surface area contributed by atoms with Crippen LogP contribution in [-0.4, -0.2) is 9.97 Å². The molecule has 0 amide bonds. The molecule has 14 heavy (non-hydrogen) atoms. The number of fused-ring (bicyclic) bond motifs is 1. The molecule has 0 aliphatic carbocycles. The average molecular weight is 210 g/mol. The van der Waals surface area contributed by atoms with E-state index in [4.69, 9.17) is 0 Å². The van der Waals surface area contributed by atoms with Gasteiger partial charge < -0.3 is 0 Å². The second kappa shape index (κ2) is 3.09. The molecule has 2 rings (SSSR count). The lowest BCUT2D eigenvalue weighted by Gasteiger charge is -1.93. The summed E-state index contributed by atoms with van der Waals surface area (Å²) in [6.07, 6.45) is 0.807. The number of aromatic nitrogens is 2. The van der Waals surface area contributed by atoms with E-state index in [0.717, 1.165) is 16.9 Å². The van der Waals surface area contributed by atoms with Crippen molar-refractivity contribution in [2.24, 2.45) is 0 Å². The minimum Gasteiger partial charge on any atom is -0.298 e. The summed E-state index contributed by atoms with van der Waals surface area (Å²) in [4.78, 5) is 29.2. The van der Waals surface area contributed by atoms with Crippen molar-refractivity contribution in [1.29, 1.82) is 0 Å². The zero-order valence-corrected chi connectivity index (χ0v) is 8.75. The van der Waals surface area contributed by atoms with Crippen LogP contribution in [0.25, 0.3) is 10.2 Å². The standard InChI is InChI=1S/C9H10N2O2S/c1-3-5-4(2)14-8-6(5)7(12)10-9(13)11-8/h3H2,1-2H3,(H2,10,11,12,13). The normalized spacial score (nSPS) is 11.0. The molecule has 2 aromatic rings. The van der Waals surface area contributed by atoms with E-state index in [-0.39, 0.29) is 5.56 Å². The van der Waals surface area contributed by atoms with Crippen LogP contribution in [0.5, 0.6) is 0 Å². The molecule has 74 valence electrons. The molecule has 0 aliphatic heterocycles. The van der Waals surface area contributed by atoms with Gasteiger partial charge in [0.2, 0.25) is 0 Å². The van der Waals surface area contributed by atoms with Crippen molar-refractivity contribution in [3.63, 3.8) is 0 Å². The molecule has 2 N–H and O–H groups in total. The van der Waals surface area contributed by atoms with Gasteiger partial charge in [0.05, 0.1) is 5.39 Å². The summed E-state index contributed by atoms with van der Waals surface area (Å²) in [6.45, 7) is 3.96. The number of thiophene rings is 1. The molecule has 0 aliphatic rings. The molecule has 0 radical (unpaired) electrons. The zero-order valence-electron chi connectivity index (χ0n) is 7.93. The molecular formula is C9H10N2O2S. The van der Waals surface area contributed by atoms with E-state index < -0.39 is 5.69 Å². The molecule has 0 atom stereocenters. The highest BCUT2D eigenvalue weighted by Crippen LogP contribution is 2.25. The Morgan fingerprint density at radius 3 is 2.64 bits per heavy atom. The van der Waals surface area contributed by atoms with Crippen LogP contribution < -0.4 is 11.2 Å². The first-order chi connectivity index (χ1) is 6.63. The Morgan fingerprint density at radius 1 is 1.29 bits per heavy atom. The smallest absolute Gasteiger partial charge is 0.298 e. The quantitative estimate of drug-likeness (QED) is 0.741. The van der Waals surface area contributed by atoms with Crippen LogP contribution in [0.4, 0.5) is 0 Å². The number of hydrogen-bond acceptors (Lipinski definition) is 3. The van der Waals surface area contributed by atoms with E-state index in [9.17, 15) is 9.59 Å². The summed E-state index contributed by atoms with van der Waals surface area (Å²) in [5.74, 6) is 0. The molecular weight excluding hydrogens is 200 g/mol. The highest BCUT2D eigenvalue weighted by molar-refractivity contribution is 7.18. The first-order valence-electron chi connectivity index (χ1n) is 4.38. The molecule has 2 heterocycles. The molecule has 0 bridgehead atoms. The van der Waals surface area contributed by atoms with Crippen molar-refractivity contribution in [2.45, 2.75) is 20.3 Å². The van der Waals surface area contributed by atoms with Crippen molar-refractivity contribution in [3.8, 4) is 0 Å². The van der Waals surface area contributed by atoms with Crippen LogP contribution >= 0.6 is 11.3 Å². The van der Waals surface area contributed by atoms with Gasteiger partial charge in [-0.1, -0.05) is 6.92 Å². The molecule has 0 aromatic carbocycles. The first kappa shape index (κ1) is 9.21. The summed E-state index contributed by atoms with van der Waals surface area (Å²) in [6, 6.07) is 0. The molecule has 5 heteroatoms. The highest BCUT2D eigenvalue weighted by Gasteiger charge is 2.11. The van der Waals surface area contributed by atoms with Gasteiger partial charge in [-0.2, -0.15) is 0 Å². The van der Waals surface area contributed by atoms with Gasteiger partial charge in [-0.3, -0.25) is 14.8 Å². The van der Waals surface area contributed by atoms with E-state index >= 15 is 0 Å². The predicted molar refractivity (Wildman–Crippen MR) is 57.2 cm³/mol. The third-order valence-electron chi connectivity index (χ3n) is 2.24. The number of hydrogen-bond donors (Lipinski definition) is 2. The van der Waals surface area contributed by atoms with Gasteiger partial charge in [0.25, 0.3) is 5.56 Å². The van der Waals surface area contributed by atoms with Gasteiger partial charge >= 0.3 is 5.69 Å². The topological polar surface area (TPSA) is 65.7 Å². The molecule has 0 saturated carbocycles. The first-order valence-corrected chi connectivity index (χ1v) is 5.19. The summed E-state index contributed by atoms with van der Waals surface area (Å²) in [7, 11) is 0. The minimum absolute atomic E-state index is 0.287. The lowest BCUT2D eigenvalue weighted by atomic mass is 10.1. The van der Waals surface area contributed by atoms with Gasteiger partial charge in [-0.15, -0.1) is 11.3 Å². The fourth-order valence-corrected chi connectivity index (χ4v) is 2.77. The third kappa shape index (κ3) is 1.21. The van der Waals surface area contributed by atoms with Crippen LogP contribution in [0.3, 0.4) is 0 Å². The lowest BCUT2D eigenvalue weighted by Crippen LogP contribution is -2.21. The minimum atomic E-state index is -0.439.